The number of aliphatic hydroxyl groups excluding tert-OH is 1. The third-order valence-electron chi connectivity index (χ3n) is 4.68. The van der Waals surface area contributed by atoms with E-state index in [-0.39, 0.29) is 11.6 Å². The van der Waals surface area contributed by atoms with Crippen LogP contribution in [-0.4, -0.2) is 35.4 Å². The van der Waals surface area contributed by atoms with Gasteiger partial charge < -0.3 is 19.9 Å². The highest BCUT2D eigenvalue weighted by Gasteiger charge is 2.27. The maximum atomic E-state index is 10.4. The van der Waals surface area contributed by atoms with Crippen molar-refractivity contribution in [2.45, 2.75) is 44.9 Å². The molecule has 6 heteroatoms. The van der Waals surface area contributed by atoms with E-state index in [0.717, 1.165) is 23.1 Å². The van der Waals surface area contributed by atoms with Crippen LogP contribution in [0.15, 0.2) is 36.5 Å². The number of hydrogen-bond acceptors (Lipinski definition) is 5. The average molecular weight is 391 g/mol. The standard InChI is InChI=1S/C21H27ClN2O3/c1-4-26-19-13-27-20-17(19)8-14(11-23-20)10-21(2,3)24-12-18(25)15-6-5-7-16(22)9-15/h5-9,11,18-19,24-25H,4,10,12-13H2,1-3H3. The van der Waals surface area contributed by atoms with Gasteiger partial charge in [-0.1, -0.05) is 23.7 Å². The van der Waals surface area contributed by atoms with Gasteiger partial charge in [0.15, 0.2) is 0 Å². The smallest absolute Gasteiger partial charge is 0.219 e. The molecule has 1 aromatic carbocycles. The van der Waals surface area contributed by atoms with Gasteiger partial charge in [0.2, 0.25) is 5.88 Å². The molecule has 0 amide bonds. The molecule has 27 heavy (non-hydrogen) atoms. The SMILES string of the molecule is CCOC1COc2ncc(CC(C)(C)NCC(O)c3cccc(Cl)c3)cc21. The number of aromatic nitrogens is 1. The second-order valence-corrected chi connectivity index (χ2v) is 7.94. The van der Waals surface area contributed by atoms with Crippen LogP contribution in [0.4, 0.5) is 0 Å². The lowest BCUT2D eigenvalue weighted by molar-refractivity contribution is 0.0465. The minimum atomic E-state index is -0.614. The molecule has 1 aromatic heterocycles. The molecule has 0 saturated heterocycles. The molecule has 0 spiro atoms. The van der Waals surface area contributed by atoms with Crippen molar-refractivity contribution in [2.75, 3.05) is 19.8 Å². The minimum Gasteiger partial charge on any atom is -0.474 e. The molecule has 5 nitrogen and oxygen atoms in total. The molecule has 2 heterocycles. The van der Waals surface area contributed by atoms with E-state index in [0.29, 0.717) is 30.7 Å². The Morgan fingerprint density at radius 1 is 1.41 bits per heavy atom. The zero-order valence-electron chi connectivity index (χ0n) is 16.0. The van der Waals surface area contributed by atoms with Gasteiger partial charge in [-0.3, -0.25) is 0 Å². The highest BCUT2D eigenvalue weighted by molar-refractivity contribution is 6.30. The molecule has 0 bridgehead atoms. The molecule has 0 aliphatic carbocycles. The van der Waals surface area contributed by atoms with Crippen molar-refractivity contribution >= 4 is 11.6 Å². The molecule has 0 saturated carbocycles. The van der Waals surface area contributed by atoms with E-state index in [1.165, 1.54) is 0 Å². The van der Waals surface area contributed by atoms with Gasteiger partial charge in [-0.25, -0.2) is 4.98 Å². The Morgan fingerprint density at radius 3 is 2.96 bits per heavy atom. The summed E-state index contributed by atoms with van der Waals surface area (Å²) in [5.74, 6) is 0.666. The molecule has 1 aliphatic heterocycles. The number of rotatable bonds is 8. The van der Waals surface area contributed by atoms with Crippen molar-refractivity contribution in [1.82, 2.24) is 10.3 Å². The molecular formula is C21H27ClN2O3. The van der Waals surface area contributed by atoms with Gasteiger partial charge in [0.05, 0.1) is 6.10 Å². The van der Waals surface area contributed by atoms with Crippen molar-refractivity contribution in [3.05, 3.63) is 58.2 Å². The number of nitrogens with zero attached hydrogens (tertiary/aromatic N) is 1. The van der Waals surface area contributed by atoms with Crippen LogP contribution in [0, 0.1) is 0 Å². The average Bonchev–Trinajstić information content (AvgIpc) is 3.02. The number of hydrogen-bond donors (Lipinski definition) is 2. The molecule has 2 aromatic rings. The van der Waals surface area contributed by atoms with E-state index in [2.05, 4.69) is 30.2 Å². The summed E-state index contributed by atoms with van der Waals surface area (Å²) in [5, 5.41) is 14.5. The van der Waals surface area contributed by atoms with Crippen molar-refractivity contribution in [2.24, 2.45) is 0 Å². The summed E-state index contributed by atoms with van der Waals surface area (Å²) in [6.07, 6.45) is 1.97. The Balaban J connectivity index is 1.62. The van der Waals surface area contributed by atoms with E-state index in [4.69, 9.17) is 21.1 Å². The minimum absolute atomic E-state index is 0.0434. The zero-order chi connectivity index (χ0) is 19.4. The third kappa shape index (κ3) is 5.20. The Morgan fingerprint density at radius 2 is 2.22 bits per heavy atom. The summed E-state index contributed by atoms with van der Waals surface area (Å²) in [7, 11) is 0. The summed E-state index contributed by atoms with van der Waals surface area (Å²) >= 11 is 6.01. The lowest BCUT2D eigenvalue weighted by Crippen LogP contribution is -2.43. The number of benzene rings is 1. The third-order valence-corrected chi connectivity index (χ3v) is 4.91. The van der Waals surface area contributed by atoms with Crippen LogP contribution >= 0.6 is 11.6 Å². The molecule has 2 N–H and O–H groups in total. The lowest BCUT2D eigenvalue weighted by atomic mass is 9.94. The van der Waals surface area contributed by atoms with Crippen LogP contribution in [-0.2, 0) is 11.2 Å². The predicted molar refractivity (Wildman–Crippen MR) is 106 cm³/mol. The van der Waals surface area contributed by atoms with Gasteiger partial charge in [0.25, 0.3) is 0 Å². The van der Waals surface area contributed by atoms with Gasteiger partial charge in [0, 0.05) is 35.5 Å². The van der Waals surface area contributed by atoms with Crippen molar-refractivity contribution in [3.63, 3.8) is 0 Å². The molecule has 3 rings (SSSR count). The molecule has 0 radical (unpaired) electrons. The second kappa shape index (κ2) is 8.57. The van der Waals surface area contributed by atoms with Crippen LogP contribution in [0.5, 0.6) is 5.88 Å². The number of β-amino-alcohol motifs (C(OH)–C–C–N with tert-alkyl or cyclic N) is 1. The van der Waals surface area contributed by atoms with E-state index in [1.54, 1.807) is 12.1 Å². The fourth-order valence-electron chi connectivity index (χ4n) is 3.32. The van der Waals surface area contributed by atoms with Gasteiger partial charge in [-0.05, 0) is 56.5 Å². The van der Waals surface area contributed by atoms with Crippen molar-refractivity contribution < 1.29 is 14.6 Å². The van der Waals surface area contributed by atoms with E-state index >= 15 is 0 Å². The topological polar surface area (TPSA) is 63.6 Å². The van der Waals surface area contributed by atoms with Crippen molar-refractivity contribution in [3.8, 4) is 5.88 Å². The quantitative estimate of drug-likeness (QED) is 0.716. The van der Waals surface area contributed by atoms with E-state index < -0.39 is 6.10 Å². The second-order valence-electron chi connectivity index (χ2n) is 7.51. The van der Waals surface area contributed by atoms with Crippen LogP contribution in [0.25, 0.3) is 0 Å². The first-order valence-electron chi connectivity index (χ1n) is 9.30. The van der Waals surface area contributed by atoms with Crippen LogP contribution in [0.3, 0.4) is 0 Å². The fraction of sp³-hybridized carbons (Fsp3) is 0.476. The number of fused-ring (bicyclic) bond motifs is 1. The van der Waals surface area contributed by atoms with E-state index in [9.17, 15) is 5.11 Å². The van der Waals surface area contributed by atoms with Crippen molar-refractivity contribution in [1.29, 1.82) is 0 Å². The predicted octanol–water partition coefficient (Wildman–Crippen LogP) is 3.85. The fourth-order valence-corrected chi connectivity index (χ4v) is 3.52. The summed E-state index contributed by atoms with van der Waals surface area (Å²) in [4.78, 5) is 4.43. The van der Waals surface area contributed by atoms with E-state index in [1.807, 2.05) is 25.3 Å². The number of pyridine rings is 1. The summed E-state index contributed by atoms with van der Waals surface area (Å²) in [6.45, 7) is 7.81. The first kappa shape index (κ1) is 20.1. The first-order chi connectivity index (χ1) is 12.9. The molecule has 0 fully saturated rings. The number of ether oxygens (including phenoxy) is 2. The van der Waals surface area contributed by atoms with Gasteiger partial charge in [-0.15, -0.1) is 0 Å². The number of nitrogens with one attached hydrogen (secondary N) is 1. The van der Waals surface area contributed by atoms with Crippen LogP contribution in [0.2, 0.25) is 5.02 Å². The summed E-state index contributed by atoms with van der Waals surface area (Å²) < 4.78 is 11.3. The van der Waals surface area contributed by atoms with Crippen LogP contribution in [0.1, 0.15) is 49.7 Å². The largest absolute Gasteiger partial charge is 0.474 e. The lowest BCUT2D eigenvalue weighted by Gasteiger charge is -2.28. The highest BCUT2D eigenvalue weighted by Crippen LogP contribution is 2.33. The molecule has 2 atom stereocenters. The first-order valence-corrected chi connectivity index (χ1v) is 9.67. The molecular weight excluding hydrogens is 364 g/mol. The Hall–Kier alpha value is -1.66. The number of aliphatic hydroxyl groups is 1. The molecule has 1 aliphatic rings. The van der Waals surface area contributed by atoms with Crippen LogP contribution < -0.4 is 10.1 Å². The van der Waals surface area contributed by atoms with Gasteiger partial charge in [0.1, 0.15) is 12.7 Å². The number of halogens is 1. The summed E-state index contributed by atoms with van der Waals surface area (Å²) in [5.41, 5.74) is 2.72. The Labute approximate surface area is 165 Å². The normalized spacial score (nSPS) is 17.4. The van der Waals surface area contributed by atoms with Gasteiger partial charge in [-0.2, -0.15) is 0 Å². The summed E-state index contributed by atoms with van der Waals surface area (Å²) in [6, 6.07) is 9.43. The Kier molecular flexibility index (Phi) is 6.37. The zero-order valence-corrected chi connectivity index (χ0v) is 16.8. The monoisotopic (exact) mass is 390 g/mol. The molecule has 2 unspecified atom stereocenters. The molecule has 146 valence electrons. The maximum Gasteiger partial charge on any atom is 0.219 e. The maximum absolute atomic E-state index is 10.4. The Bertz CT molecular complexity index is 780. The highest BCUT2D eigenvalue weighted by atomic mass is 35.5. The van der Waals surface area contributed by atoms with Gasteiger partial charge >= 0.3 is 0 Å².